The van der Waals surface area contributed by atoms with Gasteiger partial charge in [-0.05, 0) is 85.6 Å². The summed E-state index contributed by atoms with van der Waals surface area (Å²) in [5, 5.41) is 0.719. The molecule has 1 fully saturated rings. The molecule has 1 aromatic carbocycles. The molecule has 4 nitrogen and oxygen atoms in total. The Bertz CT molecular complexity index is 835. The van der Waals surface area contributed by atoms with Crippen LogP contribution in [0.15, 0.2) is 18.2 Å². The van der Waals surface area contributed by atoms with Gasteiger partial charge in [0.15, 0.2) is 9.04 Å². The van der Waals surface area contributed by atoms with Crippen molar-refractivity contribution < 1.29 is 14.0 Å². The van der Waals surface area contributed by atoms with Crippen LogP contribution in [0.25, 0.3) is 0 Å². The number of esters is 1. The third-order valence-corrected chi connectivity index (χ3v) is 8.49. The summed E-state index contributed by atoms with van der Waals surface area (Å²) in [5.41, 5.74) is 8.38. The molecule has 0 aromatic heterocycles. The van der Waals surface area contributed by atoms with Gasteiger partial charge in [0.05, 0.1) is 24.7 Å². The van der Waals surface area contributed by atoms with Crippen LogP contribution in [0.3, 0.4) is 0 Å². The van der Waals surface area contributed by atoms with E-state index >= 15 is 0 Å². The molecule has 2 N–H and O–H groups in total. The Kier molecular flexibility index (Phi) is 9.51. The zero-order valence-corrected chi connectivity index (χ0v) is 25.0. The van der Waals surface area contributed by atoms with Gasteiger partial charge in [-0.1, -0.05) is 65.3 Å². The van der Waals surface area contributed by atoms with Crippen LogP contribution in [0.5, 0.6) is 0 Å². The average molecular weight is 510 g/mol. The molecule has 1 aliphatic carbocycles. The number of carbonyl (C=O) groups is 1. The van der Waals surface area contributed by atoms with Crippen LogP contribution in [0, 0.1) is 28.6 Å². The van der Waals surface area contributed by atoms with Crippen molar-refractivity contribution in [1.82, 2.24) is 0 Å². The number of benzene rings is 1. The van der Waals surface area contributed by atoms with E-state index in [1.54, 1.807) is 0 Å². The molecule has 1 saturated carbocycles. The minimum atomic E-state index is -1.18. The minimum absolute atomic E-state index is 0.0656. The summed E-state index contributed by atoms with van der Waals surface area (Å²) < 4.78 is 11.7. The third-order valence-electron chi connectivity index (χ3n) is 7.30. The summed E-state index contributed by atoms with van der Waals surface area (Å²) in [6, 6.07) is 6.07. The average Bonchev–Trinajstić information content (AvgIpc) is 2.65. The molecule has 6 heteroatoms. The van der Waals surface area contributed by atoms with Crippen LogP contribution < -0.4 is 5.73 Å². The number of hydrogen-bond donors (Lipinski definition) is 1. The van der Waals surface area contributed by atoms with E-state index in [0.717, 1.165) is 41.8 Å². The van der Waals surface area contributed by atoms with E-state index in [-0.39, 0.29) is 28.8 Å². The molecule has 0 saturated heterocycles. The Morgan fingerprint density at radius 2 is 1.71 bits per heavy atom. The molecule has 0 spiro atoms. The molecule has 2 rings (SSSR count). The number of nitrogens with two attached hydrogens (primary N) is 1. The smallest absolute Gasteiger partial charge is 0.311 e. The van der Waals surface area contributed by atoms with Gasteiger partial charge in [0.1, 0.15) is 0 Å². The molecule has 0 bridgehead atoms. The Morgan fingerprint density at radius 3 is 2.15 bits per heavy atom. The minimum Gasteiger partial charge on any atom is -0.469 e. The summed E-state index contributed by atoms with van der Waals surface area (Å²) in [6.07, 6.45) is 4.02. The summed E-state index contributed by atoms with van der Waals surface area (Å²) in [7, 11) is 0.278. The Balaban J connectivity index is 2.25. The van der Waals surface area contributed by atoms with E-state index in [1.165, 1.54) is 7.11 Å². The van der Waals surface area contributed by atoms with Crippen molar-refractivity contribution in [2.75, 3.05) is 7.11 Å². The number of ether oxygens (including phenoxy) is 1. The summed E-state index contributed by atoms with van der Waals surface area (Å²) in [6.45, 7) is 19.8. The van der Waals surface area contributed by atoms with Gasteiger partial charge in [0.25, 0.3) is 0 Å². The van der Waals surface area contributed by atoms with Gasteiger partial charge in [0.2, 0.25) is 0 Å². The lowest BCUT2D eigenvalue weighted by molar-refractivity contribution is -0.155. The van der Waals surface area contributed by atoms with Crippen LogP contribution in [0.2, 0.25) is 18.1 Å². The fourth-order valence-corrected chi connectivity index (χ4v) is 6.86. The van der Waals surface area contributed by atoms with Crippen LogP contribution >= 0.6 is 11.6 Å². The van der Waals surface area contributed by atoms with Gasteiger partial charge in [0, 0.05) is 5.02 Å². The van der Waals surface area contributed by atoms with Gasteiger partial charge in [-0.15, -0.1) is 0 Å². The van der Waals surface area contributed by atoms with E-state index < -0.39 is 20.5 Å². The van der Waals surface area contributed by atoms with Crippen molar-refractivity contribution >= 4 is 26.6 Å². The molecule has 0 aliphatic heterocycles. The lowest BCUT2D eigenvalue weighted by atomic mass is 9.58. The van der Waals surface area contributed by atoms with Crippen molar-refractivity contribution in [2.45, 2.75) is 98.9 Å². The fraction of sp³-hybridized carbons (Fsp3) is 0.750. The first-order valence-corrected chi connectivity index (χ1v) is 15.9. The molecular weight excluding hydrogens is 462 g/mol. The van der Waals surface area contributed by atoms with Crippen molar-refractivity contribution in [1.29, 1.82) is 0 Å². The maximum atomic E-state index is 13.0. The number of hydrogen-bond acceptors (Lipinski definition) is 4. The van der Waals surface area contributed by atoms with Crippen molar-refractivity contribution in [3.05, 3.63) is 34.3 Å². The number of aryl methyl sites for hydroxylation is 1. The second-order valence-corrected chi connectivity index (χ2v) is 15.9. The lowest BCUT2D eigenvalue weighted by Crippen LogP contribution is -2.54. The number of halogens is 1. The molecule has 0 amide bonds. The maximum Gasteiger partial charge on any atom is 0.311 e. The standard InChI is InChI=1S/C28H48ClNO3Si/c1-26(2,3)14-13-18-11-12-21(17-22(18)29)28(7,30)23(25(31)32-8)19-15-20(16-19)24(27(4,5)6)33-34(9)10/h11-12,17,19-20,23-24,34H,13-16,30H2,1-10H3. The first-order valence-electron chi connectivity index (χ1n) is 12.8. The van der Waals surface area contributed by atoms with Crippen LogP contribution in [-0.4, -0.2) is 28.2 Å². The second-order valence-electron chi connectivity index (χ2n) is 13.1. The first-order chi connectivity index (χ1) is 15.5. The van der Waals surface area contributed by atoms with E-state index in [9.17, 15) is 4.79 Å². The highest BCUT2D eigenvalue weighted by Gasteiger charge is 2.51. The number of methoxy groups -OCH3 is 1. The fourth-order valence-electron chi connectivity index (χ4n) is 5.37. The highest BCUT2D eigenvalue weighted by molar-refractivity contribution is 6.48. The van der Waals surface area contributed by atoms with Gasteiger partial charge in [-0.2, -0.15) is 0 Å². The van der Waals surface area contributed by atoms with Crippen LogP contribution in [-0.2, 0) is 25.9 Å². The molecule has 34 heavy (non-hydrogen) atoms. The SMILES string of the molecule is COC(=O)C(C1CC(C(O[SiH](C)C)C(C)(C)C)C1)C(C)(N)c1ccc(CCC(C)(C)C)c(Cl)c1. The molecule has 0 radical (unpaired) electrons. The van der Waals surface area contributed by atoms with Crippen LogP contribution in [0.4, 0.5) is 0 Å². The Hall–Kier alpha value is -0.883. The lowest BCUT2D eigenvalue weighted by Gasteiger charge is -2.50. The van der Waals surface area contributed by atoms with E-state index in [0.29, 0.717) is 5.92 Å². The summed E-state index contributed by atoms with van der Waals surface area (Å²) in [5.74, 6) is -0.0738. The second kappa shape index (κ2) is 11.0. The van der Waals surface area contributed by atoms with Crippen molar-refractivity contribution in [3.63, 3.8) is 0 Å². The predicted molar refractivity (Wildman–Crippen MR) is 146 cm³/mol. The molecular formula is C28H48ClNO3Si. The van der Waals surface area contributed by atoms with Gasteiger partial charge in [-0.25, -0.2) is 0 Å². The van der Waals surface area contributed by atoms with Crippen molar-refractivity contribution in [2.24, 2.45) is 34.3 Å². The van der Waals surface area contributed by atoms with Gasteiger partial charge >= 0.3 is 5.97 Å². The molecule has 194 valence electrons. The molecule has 1 aromatic rings. The monoisotopic (exact) mass is 509 g/mol. The predicted octanol–water partition coefficient (Wildman–Crippen LogP) is 6.72. The quantitative estimate of drug-likeness (QED) is 0.296. The number of carbonyl (C=O) groups excluding carboxylic acids is 1. The molecule has 3 unspecified atom stereocenters. The summed E-state index contributed by atoms with van der Waals surface area (Å²) >= 11 is 6.69. The molecule has 1 aliphatic rings. The largest absolute Gasteiger partial charge is 0.469 e. The van der Waals surface area contributed by atoms with Gasteiger partial charge in [-0.3, -0.25) is 4.79 Å². The van der Waals surface area contributed by atoms with Crippen molar-refractivity contribution in [3.8, 4) is 0 Å². The summed E-state index contributed by atoms with van der Waals surface area (Å²) in [4.78, 5) is 13.0. The van der Waals surface area contributed by atoms with Gasteiger partial charge < -0.3 is 14.9 Å². The first kappa shape index (κ1) is 29.3. The zero-order valence-electron chi connectivity index (χ0n) is 23.1. The zero-order chi connectivity index (χ0) is 26.1. The highest BCUT2D eigenvalue weighted by Crippen LogP contribution is 2.50. The topological polar surface area (TPSA) is 61.5 Å². The highest BCUT2D eigenvalue weighted by atomic mass is 35.5. The molecule has 3 atom stereocenters. The molecule has 0 heterocycles. The normalized spacial score (nSPS) is 22.6. The van der Waals surface area contributed by atoms with E-state index in [1.807, 2.05) is 19.1 Å². The van der Waals surface area contributed by atoms with Crippen LogP contribution in [0.1, 0.15) is 78.9 Å². The van der Waals surface area contributed by atoms with E-state index in [2.05, 4.69) is 60.7 Å². The third kappa shape index (κ3) is 7.31. The Labute approximate surface area is 215 Å². The maximum absolute atomic E-state index is 13.0. The van der Waals surface area contributed by atoms with E-state index in [4.69, 9.17) is 26.5 Å². The number of rotatable bonds is 9. The Morgan fingerprint density at radius 1 is 1.12 bits per heavy atom.